The molecule has 30 heavy (non-hydrogen) atoms. The van der Waals surface area contributed by atoms with Gasteiger partial charge in [0.25, 0.3) is 0 Å². The van der Waals surface area contributed by atoms with Crippen LogP contribution in [0.3, 0.4) is 0 Å². The van der Waals surface area contributed by atoms with Gasteiger partial charge in [-0.25, -0.2) is 0 Å². The van der Waals surface area contributed by atoms with Crippen molar-refractivity contribution in [2.45, 2.75) is 39.5 Å². The van der Waals surface area contributed by atoms with Gasteiger partial charge in [-0.3, -0.25) is 19.2 Å². The molecule has 0 unspecified atom stereocenters. The van der Waals surface area contributed by atoms with Crippen molar-refractivity contribution in [2.24, 2.45) is 22.7 Å². The summed E-state index contributed by atoms with van der Waals surface area (Å²) in [5.74, 6) is -3.76. The molecule has 3 rings (SSSR count). The van der Waals surface area contributed by atoms with Gasteiger partial charge in [0.05, 0.1) is 40.3 Å². The van der Waals surface area contributed by atoms with E-state index in [0.717, 1.165) is 11.1 Å². The molecule has 0 aromatic carbocycles. The first-order valence-corrected chi connectivity index (χ1v) is 9.86. The number of allylic oxidation sites excluding steroid dienone is 2. The monoisotopic (exact) mass is 420 g/mol. The van der Waals surface area contributed by atoms with Gasteiger partial charge >= 0.3 is 23.9 Å². The topological polar surface area (TPSA) is 105 Å². The molecule has 8 heteroatoms. The SMILES string of the molecule is COC(=O)[C@H]1CC2=C(C[C@@H]1C(=O)OC)[C@]1(C(=O)OC)CC(C)=C(C)C[C@]21C(=O)OC. The van der Waals surface area contributed by atoms with Crippen LogP contribution in [0.4, 0.5) is 0 Å². The molecule has 8 nitrogen and oxygen atoms in total. The van der Waals surface area contributed by atoms with Crippen molar-refractivity contribution in [3.8, 4) is 0 Å². The molecule has 0 spiro atoms. The molecular formula is C22H28O8. The minimum Gasteiger partial charge on any atom is -0.469 e. The van der Waals surface area contributed by atoms with Gasteiger partial charge in [-0.15, -0.1) is 0 Å². The second-order valence-corrected chi connectivity index (χ2v) is 8.33. The molecule has 0 saturated heterocycles. The summed E-state index contributed by atoms with van der Waals surface area (Å²) < 4.78 is 20.2. The second kappa shape index (κ2) is 7.56. The summed E-state index contributed by atoms with van der Waals surface area (Å²) in [4.78, 5) is 51.4. The number of carbonyl (C=O) groups is 4. The molecule has 0 aromatic rings. The van der Waals surface area contributed by atoms with E-state index in [1.165, 1.54) is 28.4 Å². The normalized spacial score (nSPS) is 32.3. The van der Waals surface area contributed by atoms with Crippen LogP contribution in [0.1, 0.15) is 39.5 Å². The Morgan fingerprint density at radius 1 is 0.667 bits per heavy atom. The van der Waals surface area contributed by atoms with E-state index in [1.54, 1.807) is 0 Å². The van der Waals surface area contributed by atoms with Crippen molar-refractivity contribution in [3.05, 3.63) is 22.3 Å². The summed E-state index contributed by atoms with van der Waals surface area (Å²) in [7, 11) is 5.09. The highest BCUT2D eigenvalue weighted by Gasteiger charge is 2.75. The summed E-state index contributed by atoms with van der Waals surface area (Å²) >= 11 is 0. The third-order valence-electron chi connectivity index (χ3n) is 7.32. The Balaban J connectivity index is 2.25. The zero-order valence-electron chi connectivity index (χ0n) is 18.2. The maximum atomic E-state index is 13.2. The first kappa shape index (κ1) is 22.1. The summed E-state index contributed by atoms with van der Waals surface area (Å²) in [5.41, 5.74) is 0.860. The van der Waals surface area contributed by atoms with Crippen molar-refractivity contribution in [1.82, 2.24) is 0 Å². The van der Waals surface area contributed by atoms with E-state index in [-0.39, 0.29) is 12.8 Å². The lowest BCUT2D eigenvalue weighted by Gasteiger charge is -2.62. The van der Waals surface area contributed by atoms with Gasteiger partial charge in [0.1, 0.15) is 10.8 Å². The third kappa shape index (κ3) is 2.58. The molecule has 3 aliphatic carbocycles. The molecule has 0 radical (unpaired) electrons. The highest BCUT2D eigenvalue weighted by Crippen LogP contribution is 2.73. The van der Waals surface area contributed by atoms with E-state index >= 15 is 0 Å². The van der Waals surface area contributed by atoms with Crippen LogP contribution in [0.25, 0.3) is 0 Å². The molecule has 0 aromatic heterocycles. The fraction of sp³-hybridized carbons (Fsp3) is 0.636. The van der Waals surface area contributed by atoms with E-state index in [0.29, 0.717) is 24.0 Å². The Hall–Kier alpha value is -2.64. The Morgan fingerprint density at radius 3 is 1.27 bits per heavy atom. The van der Waals surface area contributed by atoms with Crippen molar-refractivity contribution in [3.63, 3.8) is 0 Å². The largest absolute Gasteiger partial charge is 0.469 e. The average Bonchev–Trinajstić information content (AvgIpc) is 2.76. The highest BCUT2D eigenvalue weighted by molar-refractivity contribution is 6.00. The molecular weight excluding hydrogens is 392 g/mol. The number of rotatable bonds is 4. The third-order valence-corrected chi connectivity index (χ3v) is 7.32. The second-order valence-electron chi connectivity index (χ2n) is 8.33. The minimum absolute atomic E-state index is 0.127. The quantitative estimate of drug-likeness (QED) is 0.387. The fourth-order valence-electron chi connectivity index (χ4n) is 5.79. The maximum Gasteiger partial charge on any atom is 0.317 e. The number of hydrogen-bond acceptors (Lipinski definition) is 8. The van der Waals surface area contributed by atoms with Gasteiger partial charge in [-0.1, -0.05) is 11.1 Å². The van der Waals surface area contributed by atoms with Gasteiger partial charge in [0.15, 0.2) is 0 Å². The number of esters is 4. The zero-order chi connectivity index (χ0) is 22.4. The maximum absolute atomic E-state index is 13.2. The van der Waals surface area contributed by atoms with Crippen LogP contribution >= 0.6 is 0 Å². The van der Waals surface area contributed by atoms with Gasteiger partial charge in [0.2, 0.25) is 0 Å². The molecule has 164 valence electrons. The van der Waals surface area contributed by atoms with E-state index in [4.69, 9.17) is 18.9 Å². The number of hydrogen-bond donors (Lipinski definition) is 0. The average molecular weight is 420 g/mol. The Morgan fingerprint density at radius 2 is 1.00 bits per heavy atom. The fourth-order valence-corrected chi connectivity index (χ4v) is 5.79. The van der Waals surface area contributed by atoms with E-state index in [2.05, 4.69) is 0 Å². The molecule has 3 aliphatic rings. The van der Waals surface area contributed by atoms with Crippen LogP contribution in [-0.2, 0) is 38.1 Å². The highest BCUT2D eigenvalue weighted by atomic mass is 16.5. The summed E-state index contributed by atoms with van der Waals surface area (Å²) in [6, 6.07) is 0. The van der Waals surface area contributed by atoms with Gasteiger partial charge < -0.3 is 18.9 Å². The van der Waals surface area contributed by atoms with Crippen LogP contribution in [0.5, 0.6) is 0 Å². The van der Waals surface area contributed by atoms with E-state index < -0.39 is 46.5 Å². The lowest BCUT2D eigenvalue weighted by molar-refractivity contribution is -0.180. The standard InChI is InChI=1S/C22H28O8/c1-11-9-21(19(25)29-5)15-7-13(17(23)27-3)14(18(24)28-4)8-16(15)22(21,10-12(11)2)20(26)30-6/h13-14H,7-10H2,1-6H3/t13-,14-,21-,22+/m0/s1. The van der Waals surface area contributed by atoms with Crippen molar-refractivity contribution in [2.75, 3.05) is 28.4 Å². The lowest BCUT2D eigenvalue weighted by Crippen LogP contribution is -2.66. The predicted octanol–water partition coefficient (Wildman–Crippen LogP) is 2.12. The smallest absolute Gasteiger partial charge is 0.317 e. The molecule has 4 atom stereocenters. The van der Waals surface area contributed by atoms with Gasteiger partial charge in [0, 0.05) is 0 Å². The molecule has 0 saturated carbocycles. The Kier molecular flexibility index (Phi) is 5.56. The van der Waals surface area contributed by atoms with Crippen LogP contribution in [0.15, 0.2) is 22.3 Å². The number of ether oxygens (including phenoxy) is 4. The van der Waals surface area contributed by atoms with Crippen LogP contribution in [0.2, 0.25) is 0 Å². The minimum atomic E-state index is -1.25. The first-order valence-electron chi connectivity index (χ1n) is 9.86. The number of carbonyl (C=O) groups excluding carboxylic acids is 4. The summed E-state index contributed by atoms with van der Waals surface area (Å²) in [6.07, 6.45) is 0.857. The number of fused-ring (bicyclic) bond motifs is 3. The molecule has 0 N–H and O–H groups in total. The van der Waals surface area contributed by atoms with E-state index in [9.17, 15) is 19.2 Å². The van der Waals surface area contributed by atoms with Gasteiger partial charge in [-0.05, 0) is 50.7 Å². The van der Waals surface area contributed by atoms with Crippen molar-refractivity contribution in [1.29, 1.82) is 0 Å². The molecule has 0 heterocycles. The number of methoxy groups -OCH3 is 4. The van der Waals surface area contributed by atoms with Crippen LogP contribution < -0.4 is 0 Å². The zero-order valence-corrected chi connectivity index (χ0v) is 18.2. The van der Waals surface area contributed by atoms with Crippen LogP contribution in [-0.4, -0.2) is 52.3 Å². The summed E-state index contributed by atoms with van der Waals surface area (Å²) in [5, 5.41) is 0. The Labute approximate surface area is 175 Å². The van der Waals surface area contributed by atoms with Gasteiger partial charge in [-0.2, -0.15) is 0 Å². The molecule has 0 amide bonds. The van der Waals surface area contributed by atoms with Crippen LogP contribution in [0, 0.1) is 22.7 Å². The Bertz CT molecular complexity index is 812. The van der Waals surface area contributed by atoms with Crippen molar-refractivity contribution < 1.29 is 38.1 Å². The van der Waals surface area contributed by atoms with Crippen molar-refractivity contribution >= 4 is 23.9 Å². The summed E-state index contributed by atoms with van der Waals surface area (Å²) in [6.45, 7) is 3.86. The predicted molar refractivity (Wildman–Crippen MR) is 104 cm³/mol. The molecule has 0 aliphatic heterocycles. The lowest BCUT2D eigenvalue weighted by atomic mass is 9.37. The molecule has 0 bridgehead atoms. The molecule has 0 fully saturated rings. The van der Waals surface area contributed by atoms with E-state index in [1.807, 2.05) is 13.8 Å². The first-order chi connectivity index (χ1) is 14.2.